The molecule has 2 unspecified atom stereocenters. The van der Waals surface area contributed by atoms with Crippen LogP contribution in [0.1, 0.15) is 36.0 Å². The molecule has 1 aromatic rings. The van der Waals surface area contributed by atoms with Gasteiger partial charge in [0.2, 0.25) is 0 Å². The van der Waals surface area contributed by atoms with E-state index in [1.807, 2.05) is 0 Å². The molecule has 0 radical (unpaired) electrons. The molecule has 1 aliphatic carbocycles. The molecule has 1 fully saturated rings. The van der Waals surface area contributed by atoms with Crippen molar-refractivity contribution in [2.24, 2.45) is 0 Å². The van der Waals surface area contributed by atoms with Gasteiger partial charge in [-0.25, -0.2) is 9.78 Å². The van der Waals surface area contributed by atoms with E-state index in [1.54, 1.807) is 0 Å². The Morgan fingerprint density at radius 2 is 2.11 bits per heavy atom. The minimum absolute atomic E-state index is 0.0668. The summed E-state index contributed by atoms with van der Waals surface area (Å²) in [6.45, 7) is 0. The molecule has 0 aromatic carbocycles. The Kier molecular flexibility index (Phi) is 4.04. The fraction of sp³-hybridized carbons (Fsp3) is 0.500. The lowest BCUT2D eigenvalue weighted by Gasteiger charge is -2.29. The third kappa shape index (κ3) is 2.91. The monoisotopic (exact) mass is 270 g/mol. The van der Waals surface area contributed by atoms with E-state index < -0.39 is 12.1 Å². The number of carbonyl (C=O) groups is 1. The largest absolute Gasteiger partial charge is 0.478 e. The highest BCUT2D eigenvalue weighted by Crippen LogP contribution is 2.24. The van der Waals surface area contributed by atoms with Crippen LogP contribution in [0.25, 0.3) is 0 Å². The molecular formula is C12H15ClN2O3. The number of hydrogen-bond donors (Lipinski definition) is 3. The zero-order valence-electron chi connectivity index (χ0n) is 9.77. The summed E-state index contributed by atoms with van der Waals surface area (Å²) in [5.41, 5.74) is 0.0668. The Morgan fingerprint density at radius 1 is 1.39 bits per heavy atom. The van der Waals surface area contributed by atoms with Gasteiger partial charge in [-0.05, 0) is 25.0 Å². The fourth-order valence-electron chi connectivity index (χ4n) is 2.17. The van der Waals surface area contributed by atoms with Crippen LogP contribution in [-0.2, 0) is 0 Å². The average molecular weight is 271 g/mol. The first-order valence-corrected chi connectivity index (χ1v) is 6.30. The predicted octanol–water partition coefficient (Wildman–Crippen LogP) is 2.15. The number of nitrogens with one attached hydrogen (secondary N) is 1. The molecule has 2 rings (SSSR count). The lowest BCUT2D eigenvalue weighted by molar-refractivity contribution is 0.0696. The van der Waals surface area contributed by atoms with Crippen molar-refractivity contribution >= 4 is 23.4 Å². The van der Waals surface area contributed by atoms with Crippen molar-refractivity contribution in [3.05, 3.63) is 22.8 Å². The number of aromatic carboxylic acids is 1. The van der Waals surface area contributed by atoms with Gasteiger partial charge in [-0.3, -0.25) is 0 Å². The number of aliphatic hydroxyl groups excluding tert-OH is 1. The second kappa shape index (κ2) is 5.54. The van der Waals surface area contributed by atoms with Gasteiger partial charge in [0, 0.05) is 0 Å². The summed E-state index contributed by atoms with van der Waals surface area (Å²) in [6, 6.07) is 2.69. The van der Waals surface area contributed by atoms with E-state index in [9.17, 15) is 9.90 Å². The maximum Gasteiger partial charge on any atom is 0.339 e. The molecule has 1 aromatic heterocycles. The van der Waals surface area contributed by atoms with Crippen molar-refractivity contribution in [1.82, 2.24) is 4.98 Å². The molecule has 5 nitrogen and oxygen atoms in total. The van der Waals surface area contributed by atoms with Crippen molar-refractivity contribution in [2.75, 3.05) is 5.32 Å². The first-order valence-electron chi connectivity index (χ1n) is 5.92. The maximum atomic E-state index is 11.1. The van der Waals surface area contributed by atoms with Gasteiger partial charge in [0.25, 0.3) is 0 Å². The summed E-state index contributed by atoms with van der Waals surface area (Å²) >= 11 is 5.77. The summed E-state index contributed by atoms with van der Waals surface area (Å²) in [4.78, 5) is 15.1. The summed E-state index contributed by atoms with van der Waals surface area (Å²) in [7, 11) is 0. The molecule has 0 spiro atoms. The van der Waals surface area contributed by atoms with Crippen LogP contribution in [0, 0.1) is 0 Å². The summed E-state index contributed by atoms with van der Waals surface area (Å²) in [5, 5.41) is 22.1. The molecular weight excluding hydrogens is 256 g/mol. The van der Waals surface area contributed by atoms with Gasteiger partial charge in [0.05, 0.1) is 12.1 Å². The molecule has 0 amide bonds. The number of halogens is 1. The number of nitrogens with zero attached hydrogens (tertiary/aromatic N) is 1. The van der Waals surface area contributed by atoms with Crippen LogP contribution in [0.5, 0.6) is 0 Å². The molecule has 18 heavy (non-hydrogen) atoms. The highest BCUT2D eigenvalue weighted by Gasteiger charge is 2.25. The van der Waals surface area contributed by atoms with E-state index in [-0.39, 0.29) is 22.6 Å². The lowest BCUT2D eigenvalue weighted by Crippen LogP contribution is -2.37. The van der Waals surface area contributed by atoms with Gasteiger partial charge in [-0.2, -0.15) is 0 Å². The Labute approximate surface area is 110 Å². The second-order valence-corrected chi connectivity index (χ2v) is 4.83. The van der Waals surface area contributed by atoms with Crippen LogP contribution in [0.2, 0.25) is 5.15 Å². The van der Waals surface area contributed by atoms with Gasteiger partial charge >= 0.3 is 5.97 Å². The minimum atomic E-state index is -1.06. The van der Waals surface area contributed by atoms with Crippen molar-refractivity contribution < 1.29 is 15.0 Å². The third-order valence-electron chi connectivity index (χ3n) is 3.14. The standard InChI is InChI=1S/C12H15ClN2O3/c13-10-6-5-7(12(17)18)11(15-10)14-8-3-1-2-4-9(8)16/h5-6,8-9,16H,1-4H2,(H,14,15)(H,17,18). The summed E-state index contributed by atoms with van der Waals surface area (Å²) in [6.07, 6.45) is 3.06. The molecule has 3 N–H and O–H groups in total. The first kappa shape index (κ1) is 13.1. The van der Waals surface area contributed by atoms with Gasteiger partial charge in [-0.1, -0.05) is 24.4 Å². The quantitative estimate of drug-likeness (QED) is 0.733. The van der Waals surface area contributed by atoms with Crippen LogP contribution >= 0.6 is 11.6 Å². The Balaban J connectivity index is 2.21. The Bertz CT molecular complexity index is 453. The van der Waals surface area contributed by atoms with Crippen molar-refractivity contribution in [3.8, 4) is 0 Å². The van der Waals surface area contributed by atoms with Crippen molar-refractivity contribution in [1.29, 1.82) is 0 Å². The average Bonchev–Trinajstić information content (AvgIpc) is 2.32. The molecule has 1 saturated carbocycles. The van der Waals surface area contributed by atoms with Crippen molar-refractivity contribution in [2.45, 2.75) is 37.8 Å². The SMILES string of the molecule is O=C(O)c1ccc(Cl)nc1NC1CCCCC1O. The van der Waals surface area contributed by atoms with Gasteiger partial charge < -0.3 is 15.5 Å². The molecule has 0 saturated heterocycles. The summed E-state index contributed by atoms with van der Waals surface area (Å²) in [5.74, 6) is -0.840. The van der Waals surface area contributed by atoms with E-state index in [1.165, 1.54) is 12.1 Å². The van der Waals surface area contributed by atoms with Gasteiger partial charge in [0.1, 0.15) is 16.5 Å². The second-order valence-electron chi connectivity index (χ2n) is 4.44. The Hall–Kier alpha value is -1.33. The summed E-state index contributed by atoms with van der Waals surface area (Å²) < 4.78 is 0. The van der Waals surface area contributed by atoms with Crippen LogP contribution < -0.4 is 5.32 Å². The molecule has 0 bridgehead atoms. The number of aromatic nitrogens is 1. The molecule has 1 heterocycles. The molecule has 6 heteroatoms. The zero-order valence-corrected chi connectivity index (χ0v) is 10.5. The Morgan fingerprint density at radius 3 is 2.78 bits per heavy atom. The van der Waals surface area contributed by atoms with E-state index in [4.69, 9.17) is 16.7 Å². The topological polar surface area (TPSA) is 82.5 Å². The third-order valence-corrected chi connectivity index (χ3v) is 3.35. The number of pyridine rings is 1. The lowest BCUT2D eigenvalue weighted by atomic mass is 9.92. The van der Waals surface area contributed by atoms with Crippen LogP contribution in [-0.4, -0.2) is 33.3 Å². The number of rotatable bonds is 3. The molecule has 98 valence electrons. The number of carboxylic acids is 1. The van der Waals surface area contributed by atoms with Crippen LogP contribution in [0.3, 0.4) is 0 Å². The highest BCUT2D eigenvalue weighted by atomic mass is 35.5. The smallest absolute Gasteiger partial charge is 0.339 e. The maximum absolute atomic E-state index is 11.1. The van der Waals surface area contributed by atoms with Crippen LogP contribution in [0.4, 0.5) is 5.82 Å². The van der Waals surface area contributed by atoms with Gasteiger partial charge in [0.15, 0.2) is 0 Å². The highest BCUT2D eigenvalue weighted by molar-refractivity contribution is 6.29. The number of carboxylic acid groups (broad SMARTS) is 1. The van der Waals surface area contributed by atoms with E-state index in [0.29, 0.717) is 0 Å². The predicted molar refractivity (Wildman–Crippen MR) is 68.1 cm³/mol. The number of anilines is 1. The molecule has 0 aliphatic heterocycles. The molecule has 1 aliphatic rings. The number of aliphatic hydroxyl groups is 1. The van der Waals surface area contributed by atoms with Crippen LogP contribution in [0.15, 0.2) is 12.1 Å². The van der Waals surface area contributed by atoms with E-state index >= 15 is 0 Å². The first-order chi connectivity index (χ1) is 8.58. The van der Waals surface area contributed by atoms with Crippen molar-refractivity contribution in [3.63, 3.8) is 0 Å². The minimum Gasteiger partial charge on any atom is -0.478 e. The molecule has 2 atom stereocenters. The van der Waals surface area contributed by atoms with E-state index in [0.717, 1.165) is 25.7 Å². The van der Waals surface area contributed by atoms with Gasteiger partial charge in [-0.15, -0.1) is 0 Å². The number of hydrogen-bond acceptors (Lipinski definition) is 4. The fourth-order valence-corrected chi connectivity index (χ4v) is 2.32. The normalized spacial score (nSPS) is 23.7. The zero-order chi connectivity index (χ0) is 13.1. The van der Waals surface area contributed by atoms with E-state index in [2.05, 4.69) is 10.3 Å².